The van der Waals surface area contributed by atoms with Crippen molar-refractivity contribution in [2.24, 2.45) is 0 Å². The van der Waals surface area contributed by atoms with Crippen molar-refractivity contribution in [2.75, 3.05) is 0 Å². The van der Waals surface area contributed by atoms with E-state index in [4.69, 9.17) is 0 Å². The maximum Gasteiger partial charge on any atom is 0.440 e. The molecule has 146 valence electrons. The highest BCUT2D eigenvalue weighted by molar-refractivity contribution is 6.09. The summed E-state index contributed by atoms with van der Waals surface area (Å²) in [4.78, 5) is 37.8. The summed E-state index contributed by atoms with van der Waals surface area (Å²) in [5.74, 6) is -2.47. The minimum atomic E-state index is -5.17. The van der Waals surface area contributed by atoms with Crippen molar-refractivity contribution < 1.29 is 27.6 Å². The molecular weight excluding hydrogens is 363 g/mol. The number of carbonyl (C=O) groups is 3. The molecule has 0 aromatic heterocycles. The van der Waals surface area contributed by atoms with Gasteiger partial charge in [0.25, 0.3) is 11.6 Å². The summed E-state index contributed by atoms with van der Waals surface area (Å²) in [6.45, 7) is 0. The van der Waals surface area contributed by atoms with Crippen LogP contribution in [0.15, 0.2) is 30.3 Å². The molecule has 2 aliphatic rings. The normalized spacial score (nSPS) is 24.0. The minimum Gasteiger partial charge on any atom is -0.318 e. The lowest BCUT2D eigenvalue weighted by molar-refractivity contribution is -0.204. The van der Waals surface area contributed by atoms with Crippen LogP contribution in [0, 0.1) is 0 Å². The van der Waals surface area contributed by atoms with Gasteiger partial charge in [-0.15, -0.1) is 0 Å². The van der Waals surface area contributed by atoms with Crippen LogP contribution in [0.3, 0.4) is 0 Å². The van der Waals surface area contributed by atoms with Crippen molar-refractivity contribution in [1.29, 1.82) is 0 Å². The number of benzene rings is 1. The second kappa shape index (κ2) is 7.21. The van der Waals surface area contributed by atoms with Crippen LogP contribution in [0.2, 0.25) is 0 Å². The summed E-state index contributed by atoms with van der Waals surface area (Å²) in [5.41, 5.74) is -2.93. The van der Waals surface area contributed by atoms with Gasteiger partial charge in [0, 0.05) is 6.04 Å². The Hall–Kier alpha value is -2.58. The van der Waals surface area contributed by atoms with Crippen molar-refractivity contribution in [2.45, 2.75) is 56.4 Å². The lowest BCUT2D eigenvalue weighted by Gasteiger charge is -2.32. The molecule has 1 aromatic rings. The molecule has 6 nitrogen and oxygen atoms in total. The lowest BCUT2D eigenvalue weighted by atomic mass is 9.94. The predicted octanol–water partition coefficient (Wildman–Crippen LogP) is 2.49. The van der Waals surface area contributed by atoms with E-state index in [-0.39, 0.29) is 6.42 Å². The monoisotopic (exact) mass is 383 g/mol. The molecule has 4 amide bonds. The average molecular weight is 383 g/mol. The Kier molecular flexibility index (Phi) is 5.12. The second-order valence-electron chi connectivity index (χ2n) is 6.86. The van der Waals surface area contributed by atoms with E-state index in [0.717, 1.165) is 19.3 Å². The standard InChI is InChI=1S/C18H20F3N3O3/c19-18(20,21)17(22-14(25)11-12-7-3-1-4-8-12)15(26)24(16(27)23-17)13-9-5-2-6-10-13/h1,3-4,7-8,13H,2,5-6,9-11H2,(H,22,25)(H,23,27). The third kappa shape index (κ3) is 3.63. The fraction of sp³-hybridized carbons (Fsp3) is 0.500. The molecule has 3 rings (SSSR count). The predicted molar refractivity (Wildman–Crippen MR) is 89.3 cm³/mol. The van der Waals surface area contributed by atoms with Gasteiger partial charge in [0.05, 0.1) is 6.42 Å². The summed E-state index contributed by atoms with van der Waals surface area (Å²) in [6.07, 6.45) is -2.20. The lowest BCUT2D eigenvalue weighted by Crippen LogP contribution is -2.69. The Balaban J connectivity index is 1.84. The van der Waals surface area contributed by atoms with Crippen LogP contribution < -0.4 is 10.6 Å². The van der Waals surface area contributed by atoms with Gasteiger partial charge in [-0.25, -0.2) is 4.79 Å². The van der Waals surface area contributed by atoms with Crippen LogP contribution in [0.1, 0.15) is 37.7 Å². The first kappa shape index (κ1) is 19.2. The average Bonchev–Trinajstić information content (AvgIpc) is 2.87. The zero-order valence-electron chi connectivity index (χ0n) is 14.5. The molecule has 0 spiro atoms. The summed E-state index contributed by atoms with van der Waals surface area (Å²) in [7, 11) is 0. The fourth-order valence-electron chi connectivity index (χ4n) is 3.60. The SMILES string of the molecule is O=C(Cc1ccccc1)NC1(C(F)(F)F)NC(=O)N(C2CCCCC2)C1=O. The number of urea groups is 1. The van der Waals surface area contributed by atoms with E-state index in [1.165, 1.54) is 0 Å². The molecular formula is C18H20F3N3O3. The molecule has 1 aliphatic heterocycles. The van der Waals surface area contributed by atoms with Crippen molar-refractivity contribution in [3.8, 4) is 0 Å². The second-order valence-corrected chi connectivity index (χ2v) is 6.86. The zero-order valence-corrected chi connectivity index (χ0v) is 14.5. The van der Waals surface area contributed by atoms with Crippen LogP contribution >= 0.6 is 0 Å². The first-order valence-corrected chi connectivity index (χ1v) is 8.82. The number of carbonyl (C=O) groups excluding carboxylic acids is 3. The number of amides is 4. The molecule has 1 heterocycles. The number of halogens is 3. The summed E-state index contributed by atoms with van der Waals surface area (Å²) in [6, 6.07) is 6.48. The molecule has 2 fully saturated rings. The largest absolute Gasteiger partial charge is 0.440 e. The Morgan fingerprint density at radius 2 is 1.78 bits per heavy atom. The van der Waals surface area contributed by atoms with Crippen LogP contribution in [-0.2, 0) is 16.0 Å². The van der Waals surface area contributed by atoms with Gasteiger partial charge >= 0.3 is 12.2 Å². The zero-order chi connectivity index (χ0) is 19.7. The Bertz CT molecular complexity index is 732. The third-order valence-electron chi connectivity index (χ3n) is 4.95. The van der Waals surface area contributed by atoms with Crippen LogP contribution in [0.4, 0.5) is 18.0 Å². The maximum absolute atomic E-state index is 13.8. The number of hydrogen-bond donors (Lipinski definition) is 2. The molecule has 2 N–H and O–H groups in total. The van der Waals surface area contributed by atoms with E-state index < -0.39 is 35.7 Å². The molecule has 0 bridgehead atoms. The van der Waals surface area contributed by atoms with Gasteiger partial charge in [-0.05, 0) is 18.4 Å². The van der Waals surface area contributed by atoms with Gasteiger partial charge in [-0.3, -0.25) is 19.8 Å². The van der Waals surface area contributed by atoms with Gasteiger partial charge in [0.15, 0.2) is 0 Å². The third-order valence-corrected chi connectivity index (χ3v) is 4.95. The van der Waals surface area contributed by atoms with E-state index >= 15 is 0 Å². The first-order chi connectivity index (χ1) is 12.7. The number of rotatable bonds is 4. The van der Waals surface area contributed by atoms with Crippen molar-refractivity contribution in [3.05, 3.63) is 35.9 Å². The van der Waals surface area contributed by atoms with Gasteiger partial charge in [-0.2, -0.15) is 13.2 Å². The molecule has 1 saturated carbocycles. The molecule has 9 heteroatoms. The van der Waals surface area contributed by atoms with Gasteiger partial charge < -0.3 is 5.32 Å². The molecule has 1 atom stereocenters. The van der Waals surface area contributed by atoms with Crippen LogP contribution in [-0.4, -0.2) is 40.6 Å². The van der Waals surface area contributed by atoms with Gasteiger partial charge in [0.2, 0.25) is 5.91 Å². The van der Waals surface area contributed by atoms with Crippen LogP contribution in [0.25, 0.3) is 0 Å². The Morgan fingerprint density at radius 1 is 1.15 bits per heavy atom. The molecule has 1 unspecified atom stereocenters. The molecule has 1 aliphatic carbocycles. The minimum absolute atomic E-state index is 0.342. The van der Waals surface area contributed by atoms with Crippen molar-refractivity contribution in [3.63, 3.8) is 0 Å². The van der Waals surface area contributed by atoms with E-state index in [1.807, 2.05) is 0 Å². The molecule has 0 radical (unpaired) electrons. The van der Waals surface area contributed by atoms with Crippen molar-refractivity contribution in [1.82, 2.24) is 15.5 Å². The highest BCUT2D eigenvalue weighted by Gasteiger charge is 2.69. The molecule has 27 heavy (non-hydrogen) atoms. The Labute approximate surface area is 154 Å². The number of alkyl halides is 3. The maximum atomic E-state index is 13.8. The topological polar surface area (TPSA) is 78.5 Å². The highest BCUT2D eigenvalue weighted by Crippen LogP contribution is 2.36. The number of imide groups is 1. The fourth-order valence-corrected chi connectivity index (χ4v) is 3.60. The van der Waals surface area contributed by atoms with Gasteiger partial charge in [-0.1, -0.05) is 49.6 Å². The number of hydrogen-bond acceptors (Lipinski definition) is 3. The summed E-state index contributed by atoms with van der Waals surface area (Å²) in [5, 5.41) is 3.44. The van der Waals surface area contributed by atoms with E-state index in [1.54, 1.807) is 41.0 Å². The number of nitrogens with one attached hydrogen (secondary N) is 2. The molecule has 1 aromatic carbocycles. The summed E-state index contributed by atoms with van der Waals surface area (Å²) >= 11 is 0. The Morgan fingerprint density at radius 3 is 2.37 bits per heavy atom. The highest BCUT2D eigenvalue weighted by atomic mass is 19.4. The van der Waals surface area contributed by atoms with E-state index in [2.05, 4.69) is 0 Å². The summed E-state index contributed by atoms with van der Waals surface area (Å²) < 4.78 is 41.4. The van der Waals surface area contributed by atoms with E-state index in [9.17, 15) is 27.6 Å². The van der Waals surface area contributed by atoms with Gasteiger partial charge in [0.1, 0.15) is 0 Å². The van der Waals surface area contributed by atoms with E-state index in [0.29, 0.717) is 23.3 Å². The number of nitrogens with zero attached hydrogens (tertiary/aromatic N) is 1. The molecule has 1 saturated heterocycles. The smallest absolute Gasteiger partial charge is 0.318 e. The quantitative estimate of drug-likeness (QED) is 0.784. The first-order valence-electron chi connectivity index (χ1n) is 8.82. The van der Waals surface area contributed by atoms with Crippen LogP contribution in [0.5, 0.6) is 0 Å². The van der Waals surface area contributed by atoms with Crippen molar-refractivity contribution >= 4 is 17.8 Å².